The highest BCUT2D eigenvalue weighted by Crippen LogP contribution is 2.25. The molecule has 0 bridgehead atoms. The summed E-state index contributed by atoms with van der Waals surface area (Å²) in [5.41, 5.74) is 0.983. The molecule has 0 aliphatic carbocycles. The number of nitrogens with zero attached hydrogens (tertiary/aromatic N) is 1. The van der Waals surface area contributed by atoms with Crippen molar-refractivity contribution in [2.24, 2.45) is 4.99 Å². The molecule has 0 aromatic heterocycles. The molecule has 1 unspecified atom stereocenters. The maximum Gasteiger partial charge on any atom is 0.191 e. The first-order valence-electron chi connectivity index (χ1n) is 7.40. The van der Waals surface area contributed by atoms with Crippen LogP contribution in [0.2, 0.25) is 10.0 Å². The van der Waals surface area contributed by atoms with Crippen molar-refractivity contribution in [1.82, 2.24) is 10.6 Å². The van der Waals surface area contributed by atoms with Crippen LogP contribution in [0.25, 0.3) is 0 Å². The van der Waals surface area contributed by atoms with Gasteiger partial charge in [-0.05, 0) is 24.6 Å². The van der Waals surface area contributed by atoms with Gasteiger partial charge in [0.05, 0.1) is 35.1 Å². The van der Waals surface area contributed by atoms with E-state index in [1.165, 1.54) is 6.26 Å². The average Bonchev–Trinajstić information content (AvgIpc) is 2.50. The van der Waals surface area contributed by atoms with E-state index in [9.17, 15) is 8.42 Å². The smallest absolute Gasteiger partial charge is 0.191 e. The van der Waals surface area contributed by atoms with Gasteiger partial charge in [-0.3, -0.25) is 4.99 Å². The second kappa shape index (κ2) is 12.2. The summed E-state index contributed by atoms with van der Waals surface area (Å²) in [4.78, 5) is 4.13. The summed E-state index contributed by atoms with van der Waals surface area (Å²) in [6.07, 6.45) is 1.19. The van der Waals surface area contributed by atoms with Gasteiger partial charge < -0.3 is 15.4 Å². The topological polar surface area (TPSA) is 79.8 Å². The molecule has 1 rings (SSSR count). The van der Waals surface area contributed by atoms with Gasteiger partial charge in [-0.1, -0.05) is 29.3 Å². The van der Waals surface area contributed by atoms with Crippen molar-refractivity contribution in [3.63, 3.8) is 0 Å². The summed E-state index contributed by atoms with van der Waals surface area (Å²) >= 11 is 11.9. The Balaban J connectivity index is 0.00000576. The predicted molar refractivity (Wildman–Crippen MR) is 115 cm³/mol. The number of hydrogen-bond donors (Lipinski definition) is 2. The van der Waals surface area contributed by atoms with Crippen LogP contribution >= 0.6 is 47.2 Å². The Bertz CT molecular complexity index is 672. The van der Waals surface area contributed by atoms with Gasteiger partial charge in [0, 0.05) is 19.8 Å². The molecule has 1 aromatic rings. The van der Waals surface area contributed by atoms with E-state index in [0.717, 1.165) is 5.56 Å². The summed E-state index contributed by atoms with van der Waals surface area (Å²) in [6, 6.07) is 5.44. The van der Waals surface area contributed by atoms with E-state index in [1.54, 1.807) is 13.1 Å². The lowest BCUT2D eigenvalue weighted by Gasteiger charge is -2.18. The number of guanidine groups is 1. The summed E-state index contributed by atoms with van der Waals surface area (Å²) in [6.45, 7) is 3.07. The molecule has 0 fully saturated rings. The van der Waals surface area contributed by atoms with Gasteiger partial charge in [-0.25, -0.2) is 8.42 Å². The predicted octanol–water partition coefficient (Wildman–Crippen LogP) is 2.90. The summed E-state index contributed by atoms with van der Waals surface area (Å²) < 4.78 is 27.2. The largest absolute Gasteiger partial charge is 0.379 e. The normalized spacial score (nSPS) is 13.1. The number of rotatable bonds is 8. The van der Waals surface area contributed by atoms with E-state index >= 15 is 0 Å². The van der Waals surface area contributed by atoms with Crippen molar-refractivity contribution in [2.45, 2.75) is 13.0 Å². The maximum absolute atomic E-state index is 11.0. The van der Waals surface area contributed by atoms with Crippen molar-refractivity contribution in [2.75, 3.05) is 38.8 Å². The number of benzene rings is 1. The number of hydrogen-bond acceptors (Lipinski definition) is 4. The molecule has 6 nitrogen and oxygen atoms in total. The molecule has 1 aromatic carbocycles. The Labute approximate surface area is 176 Å². The zero-order valence-electron chi connectivity index (χ0n) is 14.4. The number of ether oxygens (including phenoxy) is 1. The third-order valence-corrected chi connectivity index (χ3v) is 4.81. The van der Waals surface area contributed by atoms with Crippen LogP contribution in [0.4, 0.5) is 0 Å². The SMILES string of the molecule is CN=C(NCCOCCS(C)(=O)=O)NC(C)c1ccc(Cl)c(Cl)c1.I. The highest BCUT2D eigenvalue weighted by molar-refractivity contribution is 14.0. The van der Waals surface area contributed by atoms with E-state index in [0.29, 0.717) is 29.2 Å². The van der Waals surface area contributed by atoms with E-state index in [4.69, 9.17) is 27.9 Å². The zero-order valence-corrected chi connectivity index (χ0v) is 19.0. The quantitative estimate of drug-likeness (QED) is 0.237. The van der Waals surface area contributed by atoms with Crippen LogP contribution in [0.5, 0.6) is 0 Å². The van der Waals surface area contributed by atoms with Crippen molar-refractivity contribution in [1.29, 1.82) is 0 Å². The molecular formula is C15H24Cl2IN3O3S. The highest BCUT2D eigenvalue weighted by atomic mass is 127. The lowest BCUT2D eigenvalue weighted by atomic mass is 10.1. The fourth-order valence-corrected chi connectivity index (χ4v) is 2.55. The summed E-state index contributed by atoms with van der Waals surface area (Å²) in [7, 11) is -1.32. The Hall–Kier alpha value is -0.290. The molecule has 0 radical (unpaired) electrons. The first kappa shape index (κ1) is 24.7. The van der Waals surface area contributed by atoms with Gasteiger partial charge in [0.15, 0.2) is 5.96 Å². The monoisotopic (exact) mass is 523 g/mol. The summed E-state index contributed by atoms with van der Waals surface area (Å²) in [5, 5.41) is 7.35. The van der Waals surface area contributed by atoms with E-state index in [1.807, 2.05) is 19.1 Å². The van der Waals surface area contributed by atoms with Crippen molar-refractivity contribution < 1.29 is 13.2 Å². The summed E-state index contributed by atoms with van der Waals surface area (Å²) in [5.74, 6) is 0.634. The van der Waals surface area contributed by atoms with Crippen LogP contribution in [-0.2, 0) is 14.6 Å². The molecule has 0 aliphatic rings. The Morgan fingerprint density at radius 1 is 1.28 bits per heavy atom. The molecule has 0 spiro atoms. The van der Waals surface area contributed by atoms with Crippen LogP contribution in [0.1, 0.15) is 18.5 Å². The van der Waals surface area contributed by atoms with Gasteiger partial charge in [0.1, 0.15) is 9.84 Å². The lowest BCUT2D eigenvalue weighted by Crippen LogP contribution is -2.40. The molecule has 0 saturated carbocycles. The minimum Gasteiger partial charge on any atom is -0.379 e. The standard InChI is InChI=1S/C15H23Cl2N3O3S.HI/c1-11(12-4-5-13(16)14(17)10-12)20-15(18-2)19-6-7-23-8-9-24(3,21)22;/h4-5,10-11H,6-9H2,1-3H3,(H2,18,19,20);1H. The van der Waals surface area contributed by atoms with Crippen LogP contribution in [0, 0.1) is 0 Å². The van der Waals surface area contributed by atoms with Crippen LogP contribution < -0.4 is 10.6 Å². The lowest BCUT2D eigenvalue weighted by molar-refractivity contribution is 0.154. The molecule has 144 valence electrons. The molecule has 1 atom stereocenters. The highest BCUT2D eigenvalue weighted by Gasteiger charge is 2.09. The second-order valence-electron chi connectivity index (χ2n) is 5.28. The van der Waals surface area contributed by atoms with Crippen LogP contribution in [-0.4, -0.2) is 53.2 Å². The minimum absolute atomic E-state index is 0. The van der Waals surface area contributed by atoms with E-state index in [2.05, 4.69) is 15.6 Å². The van der Waals surface area contributed by atoms with Gasteiger partial charge in [0.2, 0.25) is 0 Å². The van der Waals surface area contributed by atoms with Gasteiger partial charge in [-0.2, -0.15) is 0 Å². The minimum atomic E-state index is -2.99. The molecule has 0 saturated heterocycles. The molecule has 10 heteroatoms. The fraction of sp³-hybridized carbons (Fsp3) is 0.533. The number of nitrogens with one attached hydrogen (secondary N) is 2. The molecule has 25 heavy (non-hydrogen) atoms. The number of sulfone groups is 1. The average molecular weight is 524 g/mol. The Kier molecular flexibility index (Phi) is 12.0. The molecule has 2 N–H and O–H groups in total. The number of halogens is 3. The Morgan fingerprint density at radius 2 is 1.96 bits per heavy atom. The fourth-order valence-electron chi connectivity index (χ4n) is 1.82. The second-order valence-corrected chi connectivity index (χ2v) is 8.35. The van der Waals surface area contributed by atoms with E-state index in [-0.39, 0.29) is 42.4 Å². The van der Waals surface area contributed by atoms with Gasteiger partial charge in [0.25, 0.3) is 0 Å². The van der Waals surface area contributed by atoms with Crippen molar-refractivity contribution in [3.05, 3.63) is 33.8 Å². The van der Waals surface area contributed by atoms with Crippen LogP contribution in [0.15, 0.2) is 23.2 Å². The maximum atomic E-state index is 11.0. The third kappa shape index (κ3) is 10.4. The van der Waals surface area contributed by atoms with Gasteiger partial charge in [-0.15, -0.1) is 24.0 Å². The first-order valence-corrected chi connectivity index (χ1v) is 10.2. The Morgan fingerprint density at radius 3 is 2.52 bits per heavy atom. The molecule has 0 aliphatic heterocycles. The zero-order chi connectivity index (χ0) is 18.2. The molecule has 0 amide bonds. The molecule has 0 heterocycles. The van der Waals surface area contributed by atoms with Crippen molar-refractivity contribution >= 4 is 63.0 Å². The van der Waals surface area contributed by atoms with Gasteiger partial charge >= 0.3 is 0 Å². The van der Waals surface area contributed by atoms with Crippen LogP contribution in [0.3, 0.4) is 0 Å². The van der Waals surface area contributed by atoms with Crippen molar-refractivity contribution in [3.8, 4) is 0 Å². The third-order valence-electron chi connectivity index (χ3n) is 3.16. The van der Waals surface area contributed by atoms with E-state index < -0.39 is 9.84 Å². The molecular weight excluding hydrogens is 500 g/mol. The first-order chi connectivity index (χ1) is 11.2. The number of aliphatic imine (C=N–C) groups is 1.